The Balaban J connectivity index is 2.14. The molecule has 2 aromatic rings. The van der Waals surface area contributed by atoms with Crippen LogP contribution in [0.4, 0.5) is 0 Å². The zero-order valence-corrected chi connectivity index (χ0v) is 17.7. The highest BCUT2D eigenvalue weighted by molar-refractivity contribution is 6.30. The molecule has 0 N–H and O–H groups in total. The molecule has 1 aliphatic heterocycles. The molecule has 1 aromatic heterocycles. The van der Waals surface area contributed by atoms with E-state index >= 15 is 0 Å². The summed E-state index contributed by atoms with van der Waals surface area (Å²) in [6, 6.07) is 9.55. The van der Waals surface area contributed by atoms with Gasteiger partial charge in [-0.25, -0.2) is 4.79 Å². The van der Waals surface area contributed by atoms with Crippen molar-refractivity contribution in [2.75, 3.05) is 13.7 Å². The van der Waals surface area contributed by atoms with Crippen LogP contribution in [-0.4, -0.2) is 35.0 Å². The number of halogens is 1. The minimum absolute atomic E-state index is 0.240. The van der Waals surface area contributed by atoms with Gasteiger partial charge >= 0.3 is 5.97 Å². The average molecular weight is 411 g/mol. The standard InChI is InChI=1S/C23H23ClN2O3/c1-6-10-25-16(4)21(23(28)29-5)20(22(25)27)12-17-11-14(2)26(15(17)3)19-9-7-8-18(24)13-19/h6-9,11-13H,1,10H2,2-5H3/b20-12+. The van der Waals surface area contributed by atoms with Crippen LogP contribution in [0, 0.1) is 13.8 Å². The number of allylic oxidation sites excluding steroid dienone is 1. The molecule has 1 aliphatic rings. The minimum atomic E-state index is -0.530. The molecule has 0 saturated heterocycles. The first-order chi connectivity index (χ1) is 13.8. The summed E-state index contributed by atoms with van der Waals surface area (Å²) in [4.78, 5) is 26.9. The molecule has 5 nitrogen and oxygen atoms in total. The van der Waals surface area contributed by atoms with Crippen molar-refractivity contribution >= 4 is 29.6 Å². The van der Waals surface area contributed by atoms with E-state index in [1.165, 1.54) is 12.0 Å². The second kappa shape index (κ2) is 8.13. The third-order valence-electron chi connectivity index (χ3n) is 5.05. The van der Waals surface area contributed by atoms with Gasteiger partial charge in [0.15, 0.2) is 0 Å². The quantitative estimate of drug-likeness (QED) is 0.411. The molecule has 0 aliphatic carbocycles. The van der Waals surface area contributed by atoms with Crippen LogP contribution in [0.15, 0.2) is 59.8 Å². The fourth-order valence-corrected chi connectivity index (χ4v) is 3.86. The van der Waals surface area contributed by atoms with Gasteiger partial charge in [0.25, 0.3) is 5.91 Å². The topological polar surface area (TPSA) is 51.5 Å². The molecular weight excluding hydrogens is 388 g/mol. The van der Waals surface area contributed by atoms with Crippen molar-refractivity contribution in [3.8, 4) is 5.69 Å². The maximum Gasteiger partial charge on any atom is 0.340 e. The zero-order chi connectivity index (χ0) is 21.3. The number of hydrogen-bond donors (Lipinski definition) is 0. The van der Waals surface area contributed by atoms with Gasteiger partial charge in [0, 0.05) is 34.3 Å². The summed E-state index contributed by atoms with van der Waals surface area (Å²) in [7, 11) is 1.31. The largest absolute Gasteiger partial charge is 0.465 e. The Morgan fingerprint density at radius 2 is 1.97 bits per heavy atom. The van der Waals surface area contributed by atoms with Crippen LogP contribution in [0.2, 0.25) is 5.02 Å². The molecule has 1 aromatic carbocycles. The predicted molar refractivity (Wildman–Crippen MR) is 115 cm³/mol. The Morgan fingerprint density at radius 1 is 1.24 bits per heavy atom. The lowest BCUT2D eigenvalue weighted by atomic mass is 10.0. The summed E-state index contributed by atoms with van der Waals surface area (Å²) in [6.45, 7) is 9.71. The summed E-state index contributed by atoms with van der Waals surface area (Å²) < 4.78 is 6.99. The van der Waals surface area contributed by atoms with Crippen molar-refractivity contribution in [3.63, 3.8) is 0 Å². The molecule has 0 spiro atoms. The second-order valence-corrected chi connectivity index (χ2v) is 7.29. The number of amides is 1. The molecule has 0 unspecified atom stereocenters. The van der Waals surface area contributed by atoms with Crippen LogP contribution >= 0.6 is 11.6 Å². The predicted octanol–water partition coefficient (Wildman–Crippen LogP) is 4.61. The third-order valence-corrected chi connectivity index (χ3v) is 5.28. The molecule has 150 valence electrons. The third kappa shape index (κ3) is 3.66. The first-order valence-corrected chi connectivity index (χ1v) is 9.56. The zero-order valence-electron chi connectivity index (χ0n) is 17.0. The fourth-order valence-electron chi connectivity index (χ4n) is 3.68. The van der Waals surface area contributed by atoms with Crippen LogP contribution < -0.4 is 0 Å². The Morgan fingerprint density at radius 3 is 2.59 bits per heavy atom. The average Bonchev–Trinajstić information content (AvgIpc) is 3.09. The van der Waals surface area contributed by atoms with Crippen molar-refractivity contribution in [2.45, 2.75) is 20.8 Å². The summed E-state index contributed by atoms with van der Waals surface area (Å²) in [5.74, 6) is -0.771. The lowest BCUT2D eigenvalue weighted by Gasteiger charge is -2.14. The number of benzene rings is 1. The number of nitrogens with zero attached hydrogens (tertiary/aromatic N) is 2. The highest BCUT2D eigenvalue weighted by Gasteiger charge is 2.36. The van der Waals surface area contributed by atoms with E-state index in [0.29, 0.717) is 22.8 Å². The number of carbonyl (C=O) groups is 2. The van der Waals surface area contributed by atoms with Crippen LogP contribution in [0.1, 0.15) is 23.9 Å². The molecule has 1 amide bonds. The molecule has 0 radical (unpaired) electrons. The normalized spacial score (nSPS) is 15.4. The van der Waals surface area contributed by atoms with E-state index in [2.05, 4.69) is 11.1 Å². The Bertz CT molecular complexity index is 1080. The van der Waals surface area contributed by atoms with E-state index in [0.717, 1.165) is 22.6 Å². The molecule has 29 heavy (non-hydrogen) atoms. The number of hydrogen-bond acceptors (Lipinski definition) is 3. The molecule has 0 bridgehead atoms. The monoisotopic (exact) mass is 410 g/mol. The lowest BCUT2D eigenvalue weighted by molar-refractivity contribution is -0.136. The molecule has 0 atom stereocenters. The molecule has 2 heterocycles. The number of ether oxygens (including phenoxy) is 1. The van der Waals surface area contributed by atoms with Crippen LogP contribution in [0.25, 0.3) is 11.8 Å². The van der Waals surface area contributed by atoms with Crippen molar-refractivity contribution < 1.29 is 14.3 Å². The summed E-state index contributed by atoms with van der Waals surface area (Å²) in [5, 5.41) is 0.646. The molecule has 6 heteroatoms. The Kier molecular flexibility index (Phi) is 5.80. The lowest BCUT2D eigenvalue weighted by Crippen LogP contribution is -2.25. The highest BCUT2D eigenvalue weighted by Crippen LogP contribution is 2.33. The van der Waals surface area contributed by atoms with Gasteiger partial charge in [-0.2, -0.15) is 0 Å². The van der Waals surface area contributed by atoms with E-state index in [9.17, 15) is 9.59 Å². The SMILES string of the molecule is C=CCN1C(=O)/C(=C/c2cc(C)n(-c3cccc(Cl)c3)c2C)C(C(=O)OC)=C1C. The van der Waals surface area contributed by atoms with Gasteiger partial charge < -0.3 is 14.2 Å². The van der Waals surface area contributed by atoms with Crippen LogP contribution in [-0.2, 0) is 14.3 Å². The van der Waals surface area contributed by atoms with Gasteiger partial charge in [0.1, 0.15) is 0 Å². The number of methoxy groups -OCH3 is 1. The first kappa shape index (κ1) is 20.7. The van der Waals surface area contributed by atoms with Crippen molar-refractivity contribution in [1.29, 1.82) is 0 Å². The van der Waals surface area contributed by atoms with Gasteiger partial charge in [0.2, 0.25) is 0 Å². The maximum absolute atomic E-state index is 13.0. The van der Waals surface area contributed by atoms with Gasteiger partial charge in [-0.3, -0.25) is 4.79 Å². The van der Waals surface area contributed by atoms with Crippen LogP contribution in [0.5, 0.6) is 0 Å². The molecule has 0 saturated carbocycles. The van der Waals surface area contributed by atoms with Gasteiger partial charge in [-0.05, 0) is 56.7 Å². The van der Waals surface area contributed by atoms with Crippen molar-refractivity contribution in [3.05, 3.63) is 81.8 Å². The molecule has 3 rings (SSSR count). The van der Waals surface area contributed by atoms with Crippen molar-refractivity contribution in [1.82, 2.24) is 9.47 Å². The Labute approximate surface area is 175 Å². The van der Waals surface area contributed by atoms with E-state index in [-0.39, 0.29) is 11.5 Å². The van der Waals surface area contributed by atoms with Crippen LogP contribution in [0.3, 0.4) is 0 Å². The minimum Gasteiger partial charge on any atom is -0.465 e. The van der Waals surface area contributed by atoms with Crippen molar-refractivity contribution in [2.24, 2.45) is 0 Å². The van der Waals surface area contributed by atoms with E-state index in [4.69, 9.17) is 16.3 Å². The molecule has 0 fully saturated rings. The van der Waals surface area contributed by atoms with Gasteiger partial charge in [-0.15, -0.1) is 6.58 Å². The summed E-state index contributed by atoms with van der Waals surface area (Å²) >= 11 is 6.15. The van der Waals surface area contributed by atoms with E-state index < -0.39 is 5.97 Å². The number of aromatic nitrogens is 1. The Hall–Kier alpha value is -3.05. The summed E-state index contributed by atoms with van der Waals surface area (Å²) in [6.07, 6.45) is 3.38. The fraction of sp³-hybridized carbons (Fsp3) is 0.217. The number of esters is 1. The molecular formula is C23H23ClN2O3. The number of carbonyl (C=O) groups excluding carboxylic acids is 2. The van der Waals surface area contributed by atoms with E-state index in [1.807, 2.05) is 44.2 Å². The van der Waals surface area contributed by atoms with Gasteiger partial charge in [-0.1, -0.05) is 23.7 Å². The number of aryl methyl sites for hydroxylation is 1. The number of rotatable bonds is 5. The smallest absolute Gasteiger partial charge is 0.340 e. The second-order valence-electron chi connectivity index (χ2n) is 6.86. The van der Waals surface area contributed by atoms with E-state index in [1.54, 1.807) is 19.1 Å². The highest BCUT2D eigenvalue weighted by atomic mass is 35.5. The summed E-state index contributed by atoms with van der Waals surface area (Å²) in [5.41, 5.74) is 4.88. The maximum atomic E-state index is 13.0. The van der Waals surface area contributed by atoms with Gasteiger partial charge in [0.05, 0.1) is 18.3 Å². The first-order valence-electron chi connectivity index (χ1n) is 9.19.